The van der Waals surface area contributed by atoms with Crippen molar-refractivity contribution in [2.75, 3.05) is 0 Å². The molecule has 2 aromatic rings. The SMILES string of the molecule is CC1c2ccncc2Cc2ncccc21. The van der Waals surface area contributed by atoms with E-state index in [9.17, 15) is 0 Å². The van der Waals surface area contributed by atoms with E-state index in [1.165, 1.54) is 22.4 Å². The molecule has 0 radical (unpaired) electrons. The topological polar surface area (TPSA) is 25.8 Å². The summed E-state index contributed by atoms with van der Waals surface area (Å²) in [7, 11) is 0. The van der Waals surface area contributed by atoms with E-state index in [1.807, 2.05) is 24.7 Å². The first kappa shape index (κ1) is 8.60. The number of hydrogen-bond acceptors (Lipinski definition) is 2. The second-order valence-corrected chi connectivity index (χ2v) is 4.01. The van der Waals surface area contributed by atoms with Gasteiger partial charge in [0.05, 0.1) is 0 Å². The van der Waals surface area contributed by atoms with Crippen LogP contribution in [0.15, 0.2) is 36.8 Å². The summed E-state index contributed by atoms with van der Waals surface area (Å²) in [5, 5.41) is 0. The zero-order valence-electron chi connectivity index (χ0n) is 8.64. The third kappa shape index (κ3) is 1.25. The molecule has 0 fully saturated rings. The van der Waals surface area contributed by atoms with Crippen molar-refractivity contribution in [2.45, 2.75) is 19.3 Å². The van der Waals surface area contributed by atoms with Crippen LogP contribution in [0.5, 0.6) is 0 Å². The van der Waals surface area contributed by atoms with Gasteiger partial charge >= 0.3 is 0 Å². The molecule has 2 nitrogen and oxygen atoms in total. The molecule has 0 saturated carbocycles. The second-order valence-electron chi connectivity index (χ2n) is 4.01. The van der Waals surface area contributed by atoms with E-state index in [0.717, 1.165) is 6.42 Å². The molecule has 2 heterocycles. The van der Waals surface area contributed by atoms with Gasteiger partial charge in [0, 0.05) is 36.6 Å². The molecule has 1 aliphatic rings. The van der Waals surface area contributed by atoms with Crippen molar-refractivity contribution < 1.29 is 0 Å². The molecule has 1 atom stereocenters. The molecule has 0 bridgehead atoms. The Labute approximate surface area is 89.0 Å². The third-order valence-electron chi connectivity index (χ3n) is 3.16. The van der Waals surface area contributed by atoms with Gasteiger partial charge in [0.25, 0.3) is 0 Å². The van der Waals surface area contributed by atoms with Gasteiger partial charge in [0.15, 0.2) is 0 Å². The molecule has 0 saturated heterocycles. The van der Waals surface area contributed by atoms with Crippen LogP contribution in [0.1, 0.15) is 35.2 Å². The quantitative estimate of drug-likeness (QED) is 0.647. The van der Waals surface area contributed by atoms with Gasteiger partial charge in [-0.3, -0.25) is 9.97 Å². The molecule has 1 unspecified atom stereocenters. The lowest BCUT2D eigenvalue weighted by molar-refractivity contribution is 0.813. The summed E-state index contributed by atoms with van der Waals surface area (Å²) < 4.78 is 0. The molecule has 0 spiro atoms. The van der Waals surface area contributed by atoms with Gasteiger partial charge in [-0.1, -0.05) is 13.0 Å². The van der Waals surface area contributed by atoms with E-state index in [2.05, 4.69) is 29.0 Å². The van der Waals surface area contributed by atoms with Crippen molar-refractivity contribution in [3.05, 3.63) is 59.2 Å². The van der Waals surface area contributed by atoms with Crippen LogP contribution in [0.25, 0.3) is 0 Å². The van der Waals surface area contributed by atoms with E-state index in [4.69, 9.17) is 0 Å². The van der Waals surface area contributed by atoms with Crippen LogP contribution >= 0.6 is 0 Å². The highest BCUT2D eigenvalue weighted by molar-refractivity contribution is 5.44. The Morgan fingerprint density at radius 1 is 1.20 bits per heavy atom. The summed E-state index contributed by atoms with van der Waals surface area (Å²) in [6.07, 6.45) is 6.62. The lowest BCUT2D eigenvalue weighted by atomic mass is 9.82. The number of aromatic nitrogens is 2. The van der Waals surface area contributed by atoms with Gasteiger partial charge in [-0.2, -0.15) is 0 Å². The molecule has 0 aromatic carbocycles. The maximum Gasteiger partial charge on any atom is 0.0486 e. The van der Waals surface area contributed by atoms with Gasteiger partial charge in [0.2, 0.25) is 0 Å². The monoisotopic (exact) mass is 196 g/mol. The van der Waals surface area contributed by atoms with Crippen LogP contribution < -0.4 is 0 Å². The summed E-state index contributed by atoms with van der Waals surface area (Å²) in [5.74, 6) is 0.445. The van der Waals surface area contributed by atoms with Crippen molar-refractivity contribution in [3.63, 3.8) is 0 Å². The minimum Gasteiger partial charge on any atom is -0.264 e. The molecule has 2 aromatic heterocycles. The van der Waals surface area contributed by atoms with E-state index >= 15 is 0 Å². The van der Waals surface area contributed by atoms with Crippen molar-refractivity contribution in [1.82, 2.24) is 9.97 Å². The number of hydrogen-bond donors (Lipinski definition) is 0. The third-order valence-corrected chi connectivity index (χ3v) is 3.16. The van der Waals surface area contributed by atoms with Gasteiger partial charge in [-0.15, -0.1) is 0 Å². The predicted molar refractivity (Wildman–Crippen MR) is 58.8 cm³/mol. The Bertz CT molecular complexity index is 460. The number of pyridine rings is 2. The molecule has 0 aliphatic heterocycles. The molecule has 2 heteroatoms. The Balaban J connectivity index is 2.20. The molecule has 0 amide bonds. The highest BCUT2D eigenvalue weighted by atomic mass is 14.7. The Kier molecular flexibility index (Phi) is 1.81. The summed E-state index contributed by atoms with van der Waals surface area (Å²) in [4.78, 5) is 8.62. The largest absolute Gasteiger partial charge is 0.264 e. The first-order valence-electron chi connectivity index (χ1n) is 5.23. The van der Waals surface area contributed by atoms with Gasteiger partial charge in [-0.05, 0) is 28.8 Å². The summed E-state index contributed by atoms with van der Waals surface area (Å²) >= 11 is 0. The average Bonchev–Trinajstić information content (AvgIpc) is 2.30. The van der Waals surface area contributed by atoms with E-state index in [1.54, 1.807) is 0 Å². The van der Waals surface area contributed by atoms with Crippen LogP contribution in [-0.4, -0.2) is 9.97 Å². The van der Waals surface area contributed by atoms with E-state index in [0.29, 0.717) is 5.92 Å². The highest BCUT2D eigenvalue weighted by Crippen LogP contribution is 2.34. The predicted octanol–water partition coefficient (Wildman–Crippen LogP) is 2.53. The van der Waals surface area contributed by atoms with Crippen molar-refractivity contribution in [3.8, 4) is 0 Å². The molecule has 0 N–H and O–H groups in total. The number of rotatable bonds is 0. The van der Waals surface area contributed by atoms with Gasteiger partial charge < -0.3 is 0 Å². The second kappa shape index (κ2) is 3.16. The lowest BCUT2D eigenvalue weighted by Crippen LogP contribution is -2.12. The highest BCUT2D eigenvalue weighted by Gasteiger charge is 2.22. The number of nitrogens with zero attached hydrogens (tertiary/aromatic N) is 2. The molecule has 74 valence electrons. The van der Waals surface area contributed by atoms with Crippen molar-refractivity contribution in [1.29, 1.82) is 0 Å². The molecule has 1 aliphatic carbocycles. The summed E-state index contributed by atoms with van der Waals surface area (Å²) in [5.41, 5.74) is 5.27. The first-order valence-corrected chi connectivity index (χ1v) is 5.23. The van der Waals surface area contributed by atoms with E-state index in [-0.39, 0.29) is 0 Å². The first-order chi connectivity index (χ1) is 7.36. The van der Waals surface area contributed by atoms with Crippen molar-refractivity contribution in [2.24, 2.45) is 0 Å². The molecule has 15 heavy (non-hydrogen) atoms. The molecule has 3 rings (SSSR count). The van der Waals surface area contributed by atoms with Gasteiger partial charge in [0.1, 0.15) is 0 Å². The summed E-state index contributed by atoms with van der Waals surface area (Å²) in [6.45, 7) is 2.23. The average molecular weight is 196 g/mol. The fourth-order valence-electron chi connectivity index (χ4n) is 2.35. The van der Waals surface area contributed by atoms with E-state index < -0.39 is 0 Å². The standard InChI is InChI=1S/C13H12N2/c1-9-11-4-6-14-8-10(11)7-13-12(9)3-2-5-15-13/h2-6,8-9H,7H2,1H3. The normalized spacial score (nSPS) is 18.1. The van der Waals surface area contributed by atoms with Crippen molar-refractivity contribution >= 4 is 0 Å². The molecular formula is C13H12N2. The fraction of sp³-hybridized carbons (Fsp3) is 0.231. The summed E-state index contributed by atoms with van der Waals surface area (Å²) in [6, 6.07) is 6.31. The minimum atomic E-state index is 0.445. The fourth-order valence-corrected chi connectivity index (χ4v) is 2.35. The number of fused-ring (bicyclic) bond motifs is 2. The Morgan fingerprint density at radius 3 is 3.07 bits per heavy atom. The maximum atomic E-state index is 4.44. The van der Waals surface area contributed by atoms with Crippen LogP contribution in [-0.2, 0) is 6.42 Å². The Morgan fingerprint density at radius 2 is 2.13 bits per heavy atom. The van der Waals surface area contributed by atoms with Crippen LogP contribution in [0.3, 0.4) is 0 Å². The zero-order chi connectivity index (χ0) is 10.3. The van der Waals surface area contributed by atoms with Gasteiger partial charge in [-0.25, -0.2) is 0 Å². The Hall–Kier alpha value is -1.70. The van der Waals surface area contributed by atoms with Crippen LogP contribution in [0.2, 0.25) is 0 Å². The minimum absolute atomic E-state index is 0.445. The lowest BCUT2D eigenvalue weighted by Gasteiger charge is -2.24. The van der Waals surface area contributed by atoms with Crippen LogP contribution in [0, 0.1) is 0 Å². The van der Waals surface area contributed by atoms with Crippen LogP contribution in [0.4, 0.5) is 0 Å². The smallest absolute Gasteiger partial charge is 0.0486 e. The molecular weight excluding hydrogens is 184 g/mol. The zero-order valence-corrected chi connectivity index (χ0v) is 8.64. The maximum absolute atomic E-state index is 4.44.